The molecule has 0 aromatic carbocycles. The molecule has 1 aliphatic rings. The molecule has 0 bridgehead atoms. The van der Waals surface area contributed by atoms with Gasteiger partial charge >= 0.3 is 0 Å². The van der Waals surface area contributed by atoms with Crippen molar-refractivity contribution in [2.75, 3.05) is 25.2 Å². The van der Waals surface area contributed by atoms with Gasteiger partial charge in [-0.2, -0.15) is 11.8 Å². The van der Waals surface area contributed by atoms with Crippen molar-refractivity contribution in [1.82, 2.24) is 5.32 Å². The van der Waals surface area contributed by atoms with E-state index in [9.17, 15) is 0 Å². The minimum atomic E-state index is 0.314. The van der Waals surface area contributed by atoms with E-state index in [1.54, 1.807) is 0 Å². The Morgan fingerprint density at radius 1 is 1.22 bits per heavy atom. The molecular weight excluding hydrogens is 242 g/mol. The zero-order valence-electron chi connectivity index (χ0n) is 12.6. The SMILES string of the molecule is CCOC1CC(NCCCCCCSC)C1(C)C. The predicted molar refractivity (Wildman–Crippen MR) is 82.5 cm³/mol. The van der Waals surface area contributed by atoms with Gasteiger partial charge in [-0.25, -0.2) is 0 Å². The minimum absolute atomic E-state index is 0.314. The van der Waals surface area contributed by atoms with Gasteiger partial charge in [-0.3, -0.25) is 0 Å². The minimum Gasteiger partial charge on any atom is -0.378 e. The average Bonchev–Trinajstić information content (AvgIpc) is 2.35. The maximum atomic E-state index is 5.75. The Labute approximate surface area is 118 Å². The molecule has 1 aliphatic carbocycles. The molecule has 0 aromatic heterocycles. The summed E-state index contributed by atoms with van der Waals surface area (Å²) in [7, 11) is 0. The smallest absolute Gasteiger partial charge is 0.0655 e. The summed E-state index contributed by atoms with van der Waals surface area (Å²) in [6, 6.07) is 0.653. The second-order valence-corrected chi connectivity index (χ2v) is 6.90. The van der Waals surface area contributed by atoms with E-state index in [1.807, 2.05) is 11.8 Å². The molecule has 1 fully saturated rings. The zero-order valence-corrected chi connectivity index (χ0v) is 13.4. The predicted octanol–water partition coefficient (Wildman–Crippen LogP) is 3.70. The van der Waals surface area contributed by atoms with Crippen molar-refractivity contribution in [3.05, 3.63) is 0 Å². The highest BCUT2D eigenvalue weighted by molar-refractivity contribution is 7.98. The summed E-state index contributed by atoms with van der Waals surface area (Å²) >= 11 is 1.96. The number of rotatable bonds is 10. The van der Waals surface area contributed by atoms with E-state index in [0.717, 1.165) is 6.61 Å². The van der Waals surface area contributed by atoms with E-state index >= 15 is 0 Å². The highest BCUT2D eigenvalue weighted by Crippen LogP contribution is 2.42. The van der Waals surface area contributed by atoms with Crippen LogP contribution in [0.2, 0.25) is 0 Å². The number of nitrogens with one attached hydrogen (secondary N) is 1. The van der Waals surface area contributed by atoms with Crippen LogP contribution in [0.5, 0.6) is 0 Å². The molecule has 1 N–H and O–H groups in total. The maximum Gasteiger partial charge on any atom is 0.0655 e. The Morgan fingerprint density at radius 3 is 2.56 bits per heavy atom. The molecule has 3 heteroatoms. The first-order chi connectivity index (χ1) is 8.62. The maximum absolute atomic E-state index is 5.75. The molecule has 1 rings (SSSR count). The topological polar surface area (TPSA) is 21.3 Å². The summed E-state index contributed by atoms with van der Waals surface area (Å²) in [5.74, 6) is 1.32. The fourth-order valence-corrected chi connectivity index (χ4v) is 3.21. The molecule has 0 saturated heterocycles. The summed E-state index contributed by atoms with van der Waals surface area (Å²) in [6.45, 7) is 8.76. The van der Waals surface area contributed by atoms with Crippen LogP contribution in [0.1, 0.15) is 52.9 Å². The van der Waals surface area contributed by atoms with Crippen molar-refractivity contribution in [3.8, 4) is 0 Å². The van der Waals surface area contributed by atoms with Gasteiger partial charge in [0.25, 0.3) is 0 Å². The van der Waals surface area contributed by atoms with Gasteiger partial charge in [0.2, 0.25) is 0 Å². The second-order valence-electron chi connectivity index (χ2n) is 5.91. The summed E-state index contributed by atoms with van der Waals surface area (Å²) in [5, 5.41) is 3.70. The van der Waals surface area contributed by atoms with Crippen molar-refractivity contribution in [2.24, 2.45) is 5.41 Å². The van der Waals surface area contributed by atoms with Crippen LogP contribution in [-0.4, -0.2) is 37.3 Å². The van der Waals surface area contributed by atoms with Gasteiger partial charge in [0.05, 0.1) is 6.10 Å². The number of unbranched alkanes of at least 4 members (excludes halogenated alkanes) is 3. The van der Waals surface area contributed by atoms with Crippen LogP contribution in [0.15, 0.2) is 0 Å². The molecule has 0 heterocycles. The Morgan fingerprint density at radius 2 is 1.94 bits per heavy atom. The number of ether oxygens (including phenoxy) is 1. The van der Waals surface area contributed by atoms with Crippen molar-refractivity contribution < 1.29 is 4.74 Å². The van der Waals surface area contributed by atoms with Crippen LogP contribution in [-0.2, 0) is 4.74 Å². The largest absolute Gasteiger partial charge is 0.378 e. The average molecular weight is 273 g/mol. The Bertz CT molecular complexity index is 221. The van der Waals surface area contributed by atoms with E-state index in [-0.39, 0.29) is 0 Å². The molecule has 1 saturated carbocycles. The van der Waals surface area contributed by atoms with Gasteiger partial charge in [0.15, 0.2) is 0 Å². The Kier molecular flexibility index (Phi) is 7.66. The lowest BCUT2D eigenvalue weighted by Crippen LogP contribution is -2.61. The quantitative estimate of drug-likeness (QED) is 0.613. The second kappa shape index (κ2) is 8.44. The molecule has 2 nitrogen and oxygen atoms in total. The number of thioether (sulfide) groups is 1. The van der Waals surface area contributed by atoms with Crippen LogP contribution in [0, 0.1) is 5.41 Å². The van der Waals surface area contributed by atoms with Crippen molar-refractivity contribution in [1.29, 1.82) is 0 Å². The summed E-state index contributed by atoms with van der Waals surface area (Å²) in [6.07, 6.45) is 9.29. The number of hydrogen-bond acceptors (Lipinski definition) is 3. The lowest BCUT2D eigenvalue weighted by molar-refractivity contribution is -0.113. The molecule has 0 radical (unpaired) electrons. The third-order valence-corrected chi connectivity index (χ3v) is 4.91. The molecule has 0 amide bonds. The molecule has 2 unspecified atom stereocenters. The van der Waals surface area contributed by atoms with Gasteiger partial charge in [-0.1, -0.05) is 26.7 Å². The highest BCUT2D eigenvalue weighted by atomic mass is 32.2. The molecule has 0 aromatic rings. The monoisotopic (exact) mass is 273 g/mol. The fraction of sp³-hybridized carbons (Fsp3) is 1.00. The van der Waals surface area contributed by atoms with Crippen LogP contribution in [0.3, 0.4) is 0 Å². The van der Waals surface area contributed by atoms with E-state index in [2.05, 4.69) is 32.3 Å². The van der Waals surface area contributed by atoms with E-state index in [1.165, 1.54) is 44.4 Å². The van der Waals surface area contributed by atoms with Crippen LogP contribution >= 0.6 is 11.8 Å². The van der Waals surface area contributed by atoms with E-state index in [0.29, 0.717) is 17.6 Å². The molecule has 18 heavy (non-hydrogen) atoms. The van der Waals surface area contributed by atoms with Crippen LogP contribution in [0.4, 0.5) is 0 Å². The third-order valence-electron chi connectivity index (χ3n) is 4.21. The number of hydrogen-bond donors (Lipinski definition) is 1. The first-order valence-corrected chi connectivity index (χ1v) is 8.86. The van der Waals surface area contributed by atoms with Crippen molar-refractivity contribution in [3.63, 3.8) is 0 Å². The summed E-state index contributed by atoms with van der Waals surface area (Å²) in [4.78, 5) is 0. The molecule has 108 valence electrons. The van der Waals surface area contributed by atoms with E-state index < -0.39 is 0 Å². The highest BCUT2D eigenvalue weighted by Gasteiger charge is 2.48. The molecule has 2 atom stereocenters. The van der Waals surface area contributed by atoms with Gasteiger partial charge in [0, 0.05) is 18.1 Å². The molecule has 0 spiro atoms. The first kappa shape index (κ1) is 16.3. The zero-order chi connectivity index (χ0) is 13.4. The van der Waals surface area contributed by atoms with Crippen molar-refractivity contribution in [2.45, 2.75) is 65.0 Å². The lowest BCUT2D eigenvalue weighted by Gasteiger charge is -2.52. The van der Waals surface area contributed by atoms with Crippen molar-refractivity contribution >= 4 is 11.8 Å². The standard InChI is InChI=1S/C15H31NOS/c1-5-17-14-12-13(15(14,2)3)16-10-8-6-7-9-11-18-4/h13-14,16H,5-12H2,1-4H3. The van der Waals surface area contributed by atoms with Gasteiger partial charge in [0.1, 0.15) is 0 Å². The van der Waals surface area contributed by atoms with Gasteiger partial charge in [-0.15, -0.1) is 0 Å². The Balaban J connectivity index is 2.00. The normalized spacial score (nSPS) is 26.0. The lowest BCUT2D eigenvalue weighted by atomic mass is 9.64. The first-order valence-electron chi connectivity index (χ1n) is 7.46. The van der Waals surface area contributed by atoms with E-state index in [4.69, 9.17) is 4.74 Å². The van der Waals surface area contributed by atoms with Crippen LogP contribution < -0.4 is 5.32 Å². The Hall–Kier alpha value is 0.270. The third kappa shape index (κ3) is 4.75. The molecule has 0 aliphatic heterocycles. The fourth-order valence-electron chi connectivity index (χ4n) is 2.72. The van der Waals surface area contributed by atoms with Gasteiger partial charge < -0.3 is 10.1 Å². The summed E-state index contributed by atoms with van der Waals surface area (Å²) < 4.78 is 5.75. The molecular formula is C15H31NOS. The van der Waals surface area contributed by atoms with Crippen LogP contribution in [0.25, 0.3) is 0 Å². The summed E-state index contributed by atoms with van der Waals surface area (Å²) in [5.41, 5.74) is 0.314. The van der Waals surface area contributed by atoms with Gasteiger partial charge in [-0.05, 0) is 44.7 Å².